The number of amides is 1. The Labute approximate surface area is 197 Å². The highest BCUT2D eigenvalue weighted by Gasteiger charge is 2.23. The molecule has 0 bridgehead atoms. The predicted octanol–water partition coefficient (Wildman–Crippen LogP) is 5.91. The molecule has 1 N–H and O–H groups in total. The van der Waals surface area contributed by atoms with Crippen LogP contribution in [0, 0.1) is 13.8 Å². The fourth-order valence-electron chi connectivity index (χ4n) is 3.72. The zero-order valence-corrected chi connectivity index (χ0v) is 20.0. The minimum absolute atomic E-state index is 0.133. The summed E-state index contributed by atoms with van der Waals surface area (Å²) in [5.41, 5.74) is 5.45. The quantitative estimate of drug-likeness (QED) is 0.315. The summed E-state index contributed by atoms with van der Waals surface area (Å²) >= 11 is 9.49. The van der Waals surface area contributed by atoms with Crippen LogP contribution >= 0.6 is 34.7 Å². The maximum Gasteiger partial charge on any atom is 0.231 e. The van der Waals surface area contributed by atoms with E-state index in [4.69, 9.17) is 16.6 Å². The number of anilines is 2. The largest absolute Gasteiger partial charge is 0.274 e. The molecule has 0 atom stereocenters. The molecule has 0 saturated heterocycles. The van der Waals surface area contributed by atoms with Crippen LogP contribution in [0.4, 0.5) is 10.8 Å². The Morgan fingerprint density at radius 3 is 2.84 bits per heavy atom. The summed E-state index contributed by atoms with van der Waals surface area (Å²) in [6.07, 6.45) is 0. The molecule has 0 unspecified atom stereocenters. The van der Waals surface area contributed by atoms with E-state index >= 15 is 0 Å². The zero-order valence-electron chi connectivity index (χ0n) is 17.6. The number of aromatic nitrogens is 5. The summed E-state index contributed by atoms with van der Waals surface area (Å²) in [6, 6.07) is 11.8. The normalized spacial score (nSPS) is 11.5. The van der Waals surface area contributed by atoms with E-state index in [1.165, 1.54) is 18.3 Å². The van der Waals surface area contributed by atoms with Gasteiger partial charge in [0.1, 0.15) is 0 Å². The molecule has 162 valence electrons. The lowest BCUT2D eigenvalue weighted by molar-refractivity contribution is -0.115. The summed E-state index contributed by atoms with van der Waals surface area (Å²) in [5, 5.41) is 11.3. The minimum atomic E-state index is -0.133. The zero-order chi connectivity index (χ0) is 22.4. The van der Waals surface area contributed by atoms with E-state index in [1.807, 2.05) is 60.0 Å². The van der Waals surface area contributed by atoms with Gasteiger partial charge in [0.05, 0.1) is 27.4 Å². The number of carbonyl (C=O) groups excluding carboxylic acids is 1. The number of aromatic amines is 1. The molecule has 3 aromatic heterocycles. The molecule has 0 radical (unpaired) electrons. The summed E-state index contributed by atoms with van der Waals surface area (Å²) in [7, 11) is 0. The number of aryl methyl sites for hydroxylation is 2. The summed E-state index contributed by atoms with van der Waals surface area (Å²) in [6.45, 7) is 5.46. The number of rotatable bonds is 5. The van der Waals surface area contributed by atoms with Gasteiger partial charge in [-0.1, -0.05) is 41.6 Å². The van der Waals surface area contributed by atoms with Gasteiger partial charge in [0.2, 0.25) is 11.7 Å². The number of H-pyrrole nitrogens is 1. The number of hydrogen-bond acceptors (Lipinski definition) is 6. The van der Waals surface area contributed by atoms with Crippen molar-refractivity contribution < 1.29 is 4.79 Å². The number of fused-ring (bicyclic) bond motifs is 3. The fourth-order valence-corrected chi connectivity index (χ4v) is 5.95. The van der Waals surface area contributed by atoms with Crippen LogP contribution in [0.1, 0.15) is 23.7 Å². The van der Waals surface area contributed by atoms with Gasteiger partial charge >= 0.3 is 0 Å². The Kier molecular flexibility index (Phi) is 5.40. The number of hydrogen-bond donors (Lipinski definition) is 1. The van der Waals surface area contributed by atoms with Crippen molar-refractivity contribution in [1.29, 1.82) is 0 Å². The maximum absolute atomic E-state index is 12.5. The number of nitrogens with zero attached hydrogens (tertiary/aromatic N) is 5. The van der Waals surface area contributed by atoms with Gasteiger partial charge in [-0.05, 0) is 43.2 Å². The van der Waals surface area contributed by atoms with Crippen LogP contribution in [0.3, 0.4) is 0 Å². The highest BCUT2D eigenvalue weighted by atomic mass is 35.5. The Balaban J connectivity index is 1.42. The van der Waals surface area contributed by atoms with Crippen molar-refractivity contribution in [2.75, 3.05) is 4.90 Å². The number of halogens is 1. The Morgan fingerprint density at radius 2 is 2.06 bits per heavy atom. The molecular formula is C22H19ClN6OS2. The van der Waals surface area contributed by atoms with Crippen LogP contribution in [0.25, 0.3) is 16.8 Å². The molecule has 32 heavy (non-hydrogen) atoms. The van der Waals surface area contributed by atoms with Gasteiger partial charge in [0.15, 0.2) is 10.3 Å². The Hall–Kier alpha value is -2.88. The van der Waals surface area contributed by atoms with Crippen LogP contribution in [0.5, 0.6) is 0 Å². The van der Waals surface area contributed by atoms with Crippen molar-refractivity contribution in [2.24, 2.45) is 0 Å². The van der Waals surface area contributed by atoms with Crippen molar-refractivity contribution >= 4 is 68.2 Å². The third kappa shape index (κ3) is 3.66. The topological polar surface area (TPSA) is 79.2 Å². The molecule has 7 nitrogen and oxygen atoms in total. The van der Waals surface area contributed by atoms with Crippen LogP contribution < -0.4 is 4.90 Å². The molecule has 0 aliphatic carbocycles. The van der Waals surface area contributed by atoms with E-state index in [0.717, 1.165) is 33.0 Å². The van der Waals surface area contributed by atoms with E-state index in [2.05, 4.69) is 15.2 Å². The van der Waals surface area contributed by atoms with E-state index in [1.54, 1.807) is 16.7 Å². The number of nitrogens with one attached hydrogen (secondary N) is 1. The average molecular weight is 483 g/mol. The average Bonchev–Trinajstić information content (AvgIpc) is 3.44. The summed E-state index contributed by atoms with van der Waals surface area (Å²) in [4.78, 5) is 23.4. The van der Waals surface area contributed by atoms with Gasteiger partial charge in [0.25, 0.3) is 0 Å². The first-order valence-corrected chi connectivity index (χ1v) is 12.1. The van der Waals surface area contributed by atoms with Crippen molar-refractivity contribution in [3.05, 3.63) is 63.6 Å². The number of thiazole rings is 1. The van der Waals surface area contributed by atoms with E-state index < -0.39 is 0 Å². The smallest absolute Gasteiger partial charge is 0.231 e. The van der Waals surface area contributed by atoms with E-state index in [9.17, 15) is 4.79 Å². The number of carbonyl (C=O) groups is 1. The number of benzene rings is 2. The Morgan fingerprint density at radius 1 is 1.25 bits per heavy atom. The van der Waals surface area contributed by atoms with Gasteiger partial charge in [-0.2, -0.15) is 0 Å². The van der Waals surface area contributed by atoms with Crippen LogP contribution in [0.2, 0.25) is 5.02 Å². The number of thioether (sulfide) groups is 1. The van der Waals surface area contributed by atoms with Gasteiger partial charge < -0.3 is 0 Å². The minimum Gasteiger partial charge on any atom is -0.274 e. The second-order valence-corrected chi connectivity index (χ2v) is 9.63. The third-order valence-corrected chi connectivity index (χ3v) is 7.16. The van der Waals surface area contributed by atoms with Gasteiger partial charge in [-0.15, -0.1) is 16.4 Å². The predicted molar refractivity (Wildman–Crippen MR) is 130 cm³/mol. The maximum atomic E-state index is 12.5. The van der Waals surface area contributed by atoms with Gasteiger partial charge in [-0.3, -0.25) is 14.1 Å². The molecule has 2 aromatic carbocycles. The molecule has 1 amide bonds. The molecule has 3 heterocycles. The second kappa shape index (κ2) is 8.23. The standard InChI is InChI=1S/C22H19ClN6OS2/c1-12-8-13(2)19(16(23)9-12)28(14(3)30)21-24-15(10-31-21)11-32-22-27-26-20-25-17-6-4-5-7-18(17)29(20)22/h4-10H,11H2,1-3H3,(H,25,26). The SMILES string of the molecule is CC(=O)N(c1nc(CSc2n[nH]c3nc4ccccc4n23)cs1)c1c(C)cc(C)cc1Cl. The fraction of sp³-hybridized carbons (Fsp3) is 0.182. The molecule has 5 aromatic rings. The van der Waals surface area contributed by atoms with Crippen molar-refractivity contribution in [3.8, 4) is 0 Å². The number of para-hydroxylation sites is 2. The number of imidazole rings is 1. The monoisotopic (exact) mass is 482 g/mol. The molecular weight excluding hydrogens is 464 g/mol. The lowest BCUT2D eigenvalue weighted by Gasteiger charge is -2.22. The molecule has 10 heteroatoms. The molecule has 5 rings (SSSR count). The first-order chi connectivity index (χ1) is 15.4. The van der Waals surface area contributed by atoms with Crippen LogP contribution in [-0.2, 0) is 10.5 Å². The lowest BCUT2D eigenvalue weighted by Crippen LogP contribution is -2.24. The van der Waals surface area contributed by atoms with Gasteiger partial charge in [0, 0.05) is 18.1 Å². The van der Waals surface area contributed by atoms with Crippen LogP contribution in [-0.4, -0.2) is 30.5 Å². The Bertz CT molecular complexity index is 1450. The van der Waals surface area contributed by atoms with Crippen molar-refractivity contribution in [3.63, 3.8) is 0 Å². The van der Waals surface area contributed by atoms with Crippen molar-refractivity contribution in [2.45, 2.75) is 31.7 Å². The summed E-state index contributed by atoms with van der Waals surface area (Å²) in [5.74, 6) is 1.18. The lowest BCUT2D eigenvalue weighted by atomic mass is 10.1. The third-order valence-electron chi connectivity index (χ3n) is 5.02. The van der Waals surface area contributed by atoms with E-state index in [-0.39, 0.29) is 5.91 Å². The summed E-state index contributed by atoms with van der Waals surface area (Å²) < 4.78 is 2.00. The first kappa shape index (κ1) is 21.0. The van der Waals surface area contributed by atoms with Gasteiger partial charge in [-0.25, -0.2) is 15.1 Å². The van der Waals surface area contributed by atoms with E-state index in [0.29, 0.717) is 27.4 Å². The highest BCUT2D eigenvalue weighted by molar-refractivity contribution is 7.98. The molecule has 0 fully saturated rings. The molecule has 0 aliphatic rings. The van der Waals surface area contributed by atoms with Crippen molar-refractivity contribution in [1.82, 2.24) is 24.6 Å². The molecule has 0 aliphatic heterocycles. The molecule has 0 saturated carbocycles. The molecule has 0 spiro atoms. The second-order valence-electron chi connectivity index (χ2n) is 7.44. The first-order valence-electron chi connectivity index (χ1n) is 9.88. The van der Waals surface area contributed by atoms with Crippen LogP contribution in [0.15, 0.2) is 46.9 Å². The highest BCUT2D eigenvalue weighted by Crippen LogP contribution is 2.38.